The lowest BCUT2D eigenvalue weighted by molar-refractivity contribution is 0.206. The monoisotopic (exact) mass is 632 g/mol. The number of nitrogens with one attached hydrogen (secondary N) is 2. The predicted octanol–water partition coefficient (Wildman–Crippen LogP) is 5.45. The number of nitrogens with zero attached hydrogens (tertiary/aromatic N) is 4. The van der Waals surface area contributed by atoms with Crippen LogP contribution in [0.3, 0.4) is 0 Å². The number of halogens is 3. The summed E-state index contributed by atoms with van der Waals surface area (Å²) in [6.07, 6.45) is 4.55. The third kappa shape index (κ3) is 6.03. The number of anilines is 2. The first-order valence-corrected chi connectivity index (χ1v) is 15.0. The highest BCUT2D eigenvalue weighted by molar-refractivity contribution is 7.93. The van der Waals surface area contributed by atoms with Crippen LogP contribution in [-0.4, -0.2) is 60.8 Å². The summed E-state index contributed by atoms with van der Waals surface area (Å²) in [5.41, 5.74) is -1.04. The molecule has 0 bridgehead atoms. The molecule has 1 amide bonds. The SMILES string of the molecule is CN[C@H]1CC[C@H](Nc2ncc3cc(-c4c(F)ccc(N(C(=O)O)S(=O)(=O)c5cc(Cl)cnc5OC)c4F)ccc3n2)CC1. The molecule has 0 saturated heterocycles. The van der Waals surface area contributed by atoms with Gasteiger partial charge in [-0.05, 0) is 68.6 Å². The Morgan fingerprint density at radius 2 is 1.79 bits per heavy atom. The maximum Gasteiger partial charge on any atom is 0.426 e. The number of ether oxygens (including phenoxy) is 1. The van der Waals surface area contributed by atoms with E-state index in [1.54, 1.807) is 6.07 Å². The maximum atomic E-state index is 16.0. The number of rotatable bonds is 8. The van der Waals surface area contributed by atoms with Crippen LogP contribution in [-0.2, 0) is 10.0 Å². The van der Waals surface area contributed by atoms with Crippen LogP contribution in [0.4, 0.5) is 25.2 Å². The first kappa shape index (κ1) is 30.3. The van der Waals surface area contributed by atoms with Crippen molar-refractivity contribution < 1.29 is 31.8 Å². The molecular weight excluding hydrogens is 606 g/mol. The summed E-state index contributed by atoms with van der Waals surface area (Å²) >= 11 is 5.90. The topological polar surface area (TPSA) is 147 Å². The van der Waals surface area contributed by atoms with Crippen LogP contribution in [0.1, 0.15) is 25.7 Å². The smallest absolute Gasteiger partial charge is 0.426 e. The molecular formula is C28H27ClF2N6O5S. The van der Waals surface area contributed by atoms with Gasteiger partial charge in [0.15, 0.2) is 10.7 Å². The number of carbonyl (C=O) groups is 1. The minimum absolute atomic E-state index is 0.0174. The van der Waals surface area contributed by atoms with Gasteiger partial charge in [0.25, 0.3) is 10.0 Å². The van der Waals surface area contributed by atoms with Gasteiger partial charge in [-0.15, -0.1) is 0 Å². The molecule has 0 atom stereocenters. The van der Waals surface area contributed by atoms with Crippen molar-refractivity contribution >= 4 is 50.3 Å². The minimum Gasteiger partial charge on any atom is -0.480 e. The van der Waals surface area contributed by atoms with Gasteiger partial charge in [0.05, 0.1) is 23.2 Å². The summed E-state index contributed by atoms with van der Waals surface area (Å²) in [4.78, 5) is 24.1. The Morgan fingerprint density at radius 3 is 2.47 bits per heavy atom. The molecule has 2 aromatic heterocycles. The number of methoxy groups -OCH3 is 1. The number of amides is 1. The van der Waals surface area contributed by atoms with E-state index in [1.807, 2.05) is 7.05 Å². The first-order valence-electron chi connectivity index (χ1n) is 13.2. The van der Waals surface area contributed by atoms with E-state index in [2.05, 4.69) is 25.6 Å². The molecule has 226 valence electrons. The van der Waals surface area contributed by atoms with Gasteiger partial charge in [-0.2, -0.15) is 4.31 Å². The Labute approximate surface area is 250 Å². The molecule has 1 aliphatic carbocycles. The third-order valence-corrected chi connectivity index (χ3v) is 9.19. The quantitative estimate of drug-likeness (QED) is 0.229. The van der Waals surface area contributed by atoms with Crippen LogP contribution in [0.5, 0.6) is 5.88 Å². The summed E-state index contributed by atoms with van der Waals surface area (Å²) in [6.45, 7) is 0. The van der Waals surface area contributed by atoms with Crippen LogP contribution in [0.2, 0.25) is 5.02 Å². The minimum atomic E-state index is -5.04. The van der Waals surface area contributed by atoms with Gasteiger partial charge < -0.3 is 20.5 Å². The van der Waals surface area contributed by atoms with Crippen LogP contribution in [0.25, 0.3) is 22.0 Å². The fourth-order valence-electron chi connectivity index (χ4n) is 5.11. The number of hydrogen-bond acceptors (Lipinski definition) is 9. The lowest BCUT2D eigenvalue weighted by Crippen LogP contribution is -2.37. The Balaban J connectivity index is 1.50. The maximum absolute atomic E-state index is 16.0. The van der Waals surface area contributed by atoms with E-state index in [1.165, 1.54) is 18.3 Å². The van der Waals surface area contributed by atoms with Crippen molar-refractivity contribution in [3.8, 4) is 17.0 Å². The molecule has 1 fully saturated rings. The molecule has 1 saturated carbocycles. The van der Waals surface area contributed by atoms with Crippen LogP contribution < -0.4 is 19.7 Å². The standard InChI is InChI=1S/C28H27ClF2N6O5S/c1-32-18-4-6-19(7-5-18)35-27-34-13-16-11-15(3-9-21(16)36-27)24-20(30)8-10-22(25(24)31)37(28(38)39)43(40,41)23-12-17(29)14-33-26(23)42-2/h3,8-14,18-19,32H,4-7H2,1-2H3,(H,38,39)(H,34,35,36)/t18-,19-. The second-order valence-electron chi connectivity index (χ2n) is 9.92. The predicted molar refractivity (Wildman–Crippen MR) is 157 cm³/mol. The molecule has 2 heterocycles. The fourth-order valence-corrected chi connectivity index (χ4v) is 6.77. The van der Waals surface area contributed by atoms with E-state index in [0.29, 0.717) is 22.9 Å². The zero-order valence-corrected chi connectivity index (χ0v) is 24.6. The molecule has 15 heteroatoms. The molecule has 5 rings (SSSR count). The van der Waals surface area contributed by atoms with Crippen molar-refractivity contribution in [3.63, 3.8) is 0 Å². The largest absolute Gasteiger partial charge is 0.480 e. The van der Waals surface area contributed by atoms with Crippen LogP contribution >= 0.6 is 11.6 Å². The van der Waals surface area contributed by atoms with E-state index in [9.17, 15) is 18.3 Å². The van der Waals surface area contributed by atoms with Crippen molar-refractivity contribution in [3.05, 3.63) is 65.4 Å². The number of pyridine rings is 1. The average Bonchev–Trinajstić information content (AvgIpc) is 2.98. The van der Waals surface area contributed by atoms with Gasteiger partial charge >= 0.3 is 6.09 Å². The lowest BCUT2D eigenvalue weighted by atomic mass is 9.91. The number of sulfonamides is 1. The molecule has 11 nitrogen and oxygen atoms in total. The molecule has 1 aliphatic rings. The van der Waals surface area contributed by atoms with E-state index < -0.39 is 49.8 Å². The second kappa shape index (κ2) is 12.2. The molecule has 0 unspecified atom stereocenters. The summed E-state index contributed by atoms with van der Waals surface area (Å²) < 4.78 is 62.7. The Kier molecular flexibility index (Phi) is 8.62. The fraction of sp³-hybridized carbons (Fsp3) is 0.286. The first-order chi connectivity index (χ1) is 20.5. The lowest BCUT2D eigenvalue weighted by Gasteiger charge is -2.28. The number of aromatic nitrogens is 3. The zero-order chi connectivity index (χ0) is 30.9. The van der Waals surface area contributed by atoms with E-state index in [4.69, 9.17) is 16.3 Å². The van der Waals surface area contributed by atoms with Crippen molar-refractivity contribution in [2.45, 2.75) is 42.7 Å². The number of benzene rings is 2. The van der Waals surface area contributed by atoms with Gasteiger partial charge in [0.1, 0.15) is 11.5 Å². The highest BCUT2D eigenvalue weighted by Crippen LogP contribution is 2.37. The summed E-state index contributed by atoms with van der Waals surface area (Å²) in [6, 6.07) is 7.53. The van der Waals surface area contributed by atoms with Gasteiger partial charge in [0, 0.05) is 29.9 Å². The Morgan fingerprint density at radius 1 is 1.07 bits per heavy atom. The molecule has 43 heavy (non-hydrogen) atoms. The van der Waals surface area contributed by atoms with Crippen molar-refractivity contribution in [2.24, 2.45) is 0 Å². The normalized spacial score (nSPS) is 17.0. The summed E-state index contributed by atoms with van der Waals surface area (Å²) in [5.74, 6) is -2.49. The molecule has 2 aromatic carbocycles. The van der Waals surface area contributed by atoms with Crippen molar-refractivity contribution in [1.29, 1.82) is 0 Å². The van der Waals surface area contributed by atoms with Gasteiger partial charge in [-0.25, -0.2) is 36.9 Å². The number of hydrogen-bond donors (Lipinski definition) is 3. The van der Waals surface area contributed by atoms with E-state index in [-0.39, 0.29) is 20.9 Å². The molecule has 0 aliphatic heterocycles. The average molecular weight is 633 g/mol. The van der Waals surface area contributed by atoms with Gasteiger partial charge in [0.2, 0.25) is 11.8 Å². The van der Waals surface area contributed by atoms with Crippen LogP contribution in [0, 0.1) is 11.6 Å². The number of fused-ring (bicyclic) bond motifs is 1. The molecule has 0 spiro atoms. The highest BCUT2D eigenvalue weighted by atomic mass is 35.5. The third-order valence-electron chi connectivity index (χ3n) is 7.30. The van der Waals surface area contributed by atoms with Crippen molar-refractivity contribution in [1.82, 2.24) is 20.3 Å². The summed E-state index contributed by atoms with van der Waals surface area (Å²) in [5, 5.41) is 16.8. The number of carboxylic acid groups (broad SMARTS) is 1. The highest BCUT2D eigenvalue weighted by Gasteiger charge is 2.37. The van der Waals surface area contributed by atoms with E-state index >= 15 is 8.78 Å². The second-order valence-corrected chi connectivity index (χ2v) is 12.1. The van der Waals surface area contributed by atoms with Crippen molar-refractivity contribution in [2.75, 3.05) is 23.8 Å². The van der Waals surface area contributed by atoms with E-state index in [0.717, 1.165) is 57.2 Å². The Bertz CT molecular complexity index is 1800. The Hall–Kier alpha value is -4.14. The summed E-state index contributed by atoms with van der Waals surface area (Å²) in [7, 11) is -1.97. The molecule has 0 radical (unpaired) electrons. The van der Waals surface area contributed by atoms with Gasteiger partial charge in [-0.3, -0.25) is 0 Å². The zero-order valence-electron chi connectivity index (χ0n) is 23.0. The molecule has 4 aromatic rings. The van der Waals surface area contributed by atoms with Gasteiger partial charge in [-0.1, -0.05) is 17.7 Å². The molecule has 3 N–H and O–H groups in total. The van der Waals surface area contributed by atoms with Crippen LogP contribution in [0.15, 0.2) is 53.7 Å².